The predicted octanol–water partition coefficient (Wildman–Crippen LogP) is 5.34. The molecule has 0 radical (unpaired) electrons. The Hall–Kier alpha value is -1.84. The maximum atomic E-state index is 12.0. The van der Waals surface area contributed by atoms with E-state index >= 15 is 0 Å². The smallest absolute Gasteiger partial charge is 0.305 e. The fourth-order valence-corrected chi connectivity index (χ4v) is 3.01. The number of para-hydroxylation sites is 1. The van der Waals surface area contributed by atoms with Gasteiger partial charge >= 0.3 is 5.97 Å². The van der Waals surface area contributed by atoms with Crippen LogP contribution in [0.15, 0.2) is 30.3 Å². The molecule has 1 aromatic rings. The van der Waals surface area contributed by atoms with Gasteiger partial charge in [-0.1, -0.05) is 57.2 Å². The van der Waals surface area contributed by atoms with Gasteiger partial charge in [-0.05, 0) is 37.3 Å². The molecule has 0 bridgehead atoms. The second-order valence-corrected chi connectivity index (χ2v) is 6.64. The molecule has 0 aliphatic heterocycles. The highest BCUT2D eigenvalue weighted by atomic mass is 16.5. The van der Waals surface area contributed by atoms with Gasteiger partial charge in [0, 0.05) is 18.5 Å². The highest BCUT2D eigenvalue weighted by molar-refractivity contribution is 5.90. The highest BCUT2D eigenvalue weighted by Gasteiger charge is 2.13. The lowest BCUT2D eigenvalue weighted by molar-refractivity contribution is -0.141. The van der Waals surface area contributed by atoms with Gasteiger partial charge in [-0.3, -0.25) is 9.59 Å². The number of methoxy groups -OCH3 is 1. The van der Waals surface area contributed by atoms with E-state index in [1.807, 2.05) is 30.3 Å². The monoisotopic (exact) mass is 347 g/mol. The van der Waals surface area contributed by atoms with E-state index in [9.17, 15) is 9.59 Å². The summed E-state index contributed by atoms with van der Waals surface area (Å²) >= 11 is 0. The molecule has 0 saturated carbocycles. The van der Waals surface area contributed by atoms with E-state index in [0.717, 1.165) is 31.4 Å². The number of carbonyl (C=O) groups excluding carboxylic acids is 2. The van der Waals surface area contributed by atoms with Crippen LogP contribution in [0, 0.1) is 5.92 Å². The largest absolute Gasteiger partial charge is 0.469 e. The molecule has 140 valence electrons. The normalized spacial score (nSPS) is 11.8. The molecule has 1 amide bonds. The molecule has 1 aromatic carbocycles. The van der Waals surface area contributed by atoms with E-state index in [0.29, 0.717) is 18.8 Å². The molecule has 1 unspecified atom stereocenters. The summed E-state index contributed by atoms with van der Waals surface area (Å²) in [5, 5.41) is 2.92. The number of anilines is 1. The fraction of sp³-hybridized carbons (Fsp3) is 0.619. The van der Waals surface area contributed by atoms with E-state index in [4.69, 9.17) is 4.74 Å². The summed E-state index contributed by atoms with van der Waals surface area (Å²) in [7, 11) is 1.44. The molecular weight excluding hydrogens is 314 g/mol. The van der Waals surface area contributed by atoms with Crippen LogP contribution in [0.25, 0.3) is 0 Å². The van der Waals surface area contributed by atoms with Crippen molar-refractivity contribution in [3.8, 4) is 0 Å². The molecule has 0 fully saturated rings. The van der Waals surface area contributed by atoms with Crippen LogP contribution in [-0.2, 0) is 14.3 Å². The van der Waals surface area contributed by atoms with Crippen LogP contribution in [0.4, 0.5) is 5.69 Å². The molecule has 1 N–H and O–H groups in total. The first-order chi connectivity index (χ1) is 12.2. The molecule has 0 spiro atoms. The number of rotatable bonds is 13. The lowest BCUT2D eigenvalue weighted by Gasteiger charge is -2.16. The molecule has 0 aliphatic rings. The Morgan fingerprint density at radius 3 is 2.36 bits per heavy atom. The fourth-order valence-electron chi connectivity index (χ4n) is 3.01. The van der Waals surface area contributed by atoms with Gasteiger partial charge in [0.05, 0.1) is 7.11 Å². The number of nitrogens with one attached hydrogen (secondary N) is 1. The van der Waals surface area contributed by atoms with Gasteiger partial charge in [0.2, 0.25) is 5.91 Å². The summed E-state index contributed by atoms with van der Waals surface area (Å²) in [5.74, 6) is 0.421. The van der Waals surface area contributed by atoms with E-state index in [1.54, 1.807) is 0 Å². The van der Waals surface area contributed by atoms with Crippen molar-refractivity contribution >= 4 is 17.6 Å². The first-order valence-electron chi connectivity index (χ1n) is 9.57. The van der Waals surface area contributed by atoms with Crippen LogP contribution in [0.1, 0.15) is 71.1 Å². The van der Waals surface area contributed by atoms with E-state index in [-0.39, 0.29) is 11.9 Å². The number of unbranched alkanes of at least 4 members (excludes halogenated alkanes) is 3. The summed E-state index contributed by atoms with van der Waals surface area (Å²) in [6.07, 6.45) is 9.80. The molecule has 0 aromatic heterocycles. The van der Waals surface area contributed by atoms with Crippen molar-refractivity contribution in [1.82, 2.24) is 0 Å². The quantitative estimate of drug-likeness (QED) is 0.387. The third kappa shape index (κ3) is 10.6. The Kier molecular flexibility index (Phi) is 11.4. The topological polar surface area (TPSA) is 55.4 Å². The van der Waals surface area contributed by atoms with Gasteiger partial charge in [0.25, 0.3) is 0 Å². The molecule has 1 atom stereocenters. The van der Waals surface area contributed by atoms with E-state index in [1.165, 1.54) is 32.8 Å². The summed E-state index contributed by atoms with van der Waals surface area (Å²) < 4.78 is 4.75. The van der Waals surface area contributed by atoms with Crippen LogP contribution in [0.5, 0.6) is 0 Å². The summed E-state index contributed by atoms with van der Waals surface area (Å²) in [4.78, 5) is 23.4. The van der Waals surface area contributed by atoms with Gasteiger partial charge in [0.1, 0.15) is 0 Å². The van der Waals surface area contributed by atoms with Gasteiger partial charge in [-0.25, -0.2) is 0 Å². The second-order valence-electron chi connectivity index (χ2n) is 6.64. The summed E-state index contributed by atoms with van der Waals surface area (Å²) in [6, 6.07) is 9.54. The number of ether oxygens (including phenoxy) is 1. The molecule has 4 heteroatoms. The molecule has 0 saturated heterocycles. The van der Waals surface area contributed by atoms with Crippen molar-refractivity contribution in [2.45, 2.75) is 71.1 Å². The van der Waals surface area contributed by atoms with Gasteiger partial charge in [-0.2, -0.15) is 0 Å². The molecule has 0 aliphatic carbocycles. The molecule has 0 heterocycles. The molecular formula is C21H33NO3. The van der Waals surface area contributed by atoms with Gasteiger partial charge < -0.3 is 10.1 Å². The number of hydrogen-bond donors (Lipinski definition) is 1. The van der Waals surface area contributed by atoms with Crippen molar-refractivity contribution in [3.63, 3.8) is 0 Å². The summed E-state index contributed by atoms with van der Waals surface area (Å²) in [6.45, 7) is 2.21. The number of amides is 1. The Balaban J connectivity index is 2.31. The maximum Gasteiger partial charge on any atom is 0.305 e. The molecule has 25 heavy (non-hydrogen) atoms. The van der Waals surface area contributed by atoms with Crippen LogP contribution in [0.3, 0.4) is 0 Å². The zero-order valence-corrected chi connectivity index (χ0v) is 15.8. The second kappa shape index (κ2) is 13.5. The predicted molar refractivity (Wildman–Crippen MR) is 102 cm³/mol. The van der Waals surface area contributed by atoms with E-state index in [2.05, 4.69) is 12.2 Å². The Morgan fingerprint density at radius 1 is 0.960 bits per heavy atom. The minimum atomic E-state index is -0.139. The molecule has 4 nitrogen and oxygen atoms in total. The number of carbonyl (C=O) groups is 2. The average molecular weight is 347 g/mol. The number of benzene rings is 1. The Bertz CT molecular complexity index is 487. The van der Waals surface area contributed by atoms with Crippen molar-refractivity contribution in [2.75, 3.05) is 12.4 Å². The Labute approximate surface area is 152 Å². The third-order valence-corrected chi connectivity index (χ3v) is 4.52. The first kappa shape index (κ1) is 21.2. The minimum Gasteiger partial charge on any atom is -0.469 e. The molecule has 1 rings (SSSR count). The van der Waals surface area contributed by atoms with Crippen LogP contribution in [-0.4, -0.2) is 19.0 Å². The Morgan fingerprint density at radius 2 is 1.68 bits per heavy atom. The van der Waals surface area contributed by atoms with Gasteiger partial charge in [0.15, 0.2) is 0 Å². The lowest BCUT2D eigenvalue weighted by atomic mass is 9.91. The zero-order chi connectivity index (χ0) is 18.3. The number of esters is 1. The van der Waals surface area contributed by atoms with Crippen molar-refractivity contribution < 1.29 is 14.3 Å². The standard InChI is InChI=1S/C21H33NO3/c1-3-4-5-7-11-18(16-17-21(24)25-2)12-10-15-20(23)22-19-13-8-6-9-14-19/h6,8-9,13-14,18H,3-5,7,10-12,15-17H2,1-2H3,(H,22,23). The SMILES string of the molecule is CCCCCCC(CCCC(=O)Nc1ccccc1)CCC(=O)OC. The maximum absolute atomic E-state index is 12.0. The third-order valence-electron chi connectivity index (χ3n) is 4.52. The van der Waals surface area contributed by atoms with Crippen LogP contribution >= 0.6 is 0 Å². The van der Waals surface area contributed by atoms with Gasteiger partial charge in [-0.15, -0.1) is 0 Å². The number of hydrogen-bond acceptors (Lipinski definition) is 3. The average Bonchev–Trinajstić information content (AvgIpc) is 2.63. The van der Waals surface area contributed by atoms with Crippen LogP contribution < -0.4 is 5.32 Å². The van der Waals surface area contributed by atoms with Crippen molar-refractivity contribution in [1.29, 1.82) is 0 Å². The van der Waals surface area contributed by atoms with Crippen molar-refractivity contribution in [3.05, 3.63) is 30.3 Å². The summed E-state index contributed by atoms with van der Waals surface area (Å²) in [5.41, 5.74) is 0.842. The van der Waals surface area contributed by atoms with Crippen molar-refractivity contribution in [2.24, 2.45) is 5.92 Å². The lowest BCUT2D eigenvalue weighted by Crippen LogP contribution is -2.12. The zero-order valence-electron chi connectivity index (χ0n) is 15.8. The first-order valence-corrected chi connectivity index (χ1v) is 9.57. The van der Waals surface area contributed by atoms with Crippen LogP contribution in [0.2, 0.25) is 0 Å². The minimum absolute atomic E-state index is 0.0592. The highest BCUT2D eigenvalue weighted by Crippen LogP contribution is 2.22. The van der Waals surface area contributed by atoms with E-state index < -0.39 is 0 Å².